The van der Waals surface area contributed by atoms with Crippen LogP contribution in [0.1, 0.15) is 38.8 Å². The molecule has 5 aromatic rings. The first-order valence-corrected chi connectivity index (χ1v) is 13.0. The van der Waals surface area contributed by atoms with Gasteiger partial charge in [0, 0.05) is 25.4 Å². The van der Waals surface area contributed by atoms with Crippen molar-refractivity contribution in [2.24, 2.45) is 0 Å². The number of benzene rings is 2. The van der Waals surface area contributed by atoms with Crippen molar-refractivity contribution in [2.75, 3.05) is 26.8 Å². The number of aromatic nitrogens is 6. The number of hydrogen-bond acceptors (Lipinski definition) is 9. The highest BCUT2D eigenvalue weighted by atomic mass is 16.5. The molecule has 12 nitrogen and oxygen atoms in total. The van der Waals surface area contributed by atoms with E-state index in [0.717, 1.165) is 11.1 Å². The maximum Gasteiger partial charge on any atom is 0.341 e. The first-order chi connectivity index (χ1) is 20.0. The highest BCUT2D eigenvalue weighted by molar-refractivity contribution is 5.94. The van der Waals surface area contributed by atoms with E-state index in [1.807, 2.05) is 47.0 Å². The number of fused-ring (bicyclic) bond motifs is 1. The Bertz CT molecular complexity index is 1650. The first kappa shape index (κ1) is 27.5. The molecular weight excluding hydrogens is 526 g/mol. The van der Waals surface area contributed by atoms with Gasteiger partial charge in [0.15, 0.2) is 11.2 Å². The predicted molar refractivity (Wildman–Crippen MR) is 149 cm³/mol. The van der Waals surface area contributed by atoms with Crippen LogP contribution in [-0.2, 0) is 17.9 Å². The average Bonchev–Trinajstić information content (AvgIpc) is 3.65. The van der Waals surface area contributed by atoms with Crippen molar-refractivity contribution in [3.63, 3.8) is 0 Å². The zero-order valence-electron chi connectivity index (χ0n) is 22.7. The lowest BCUT2D eigenvalue weighted by Crippen LogP contribution is -2.29. The molecule has 5 rings (SSSR count). The molecule has 210 valence electrons. The van der Waals surface area contributed by atoms with Crippen LogP contribution in [0.3, 0.4) is 0 Å². The van der Waals surface area contributed by atoms with E-state index in [1.165, 1.54) is 22.0 Å². The number of rotatable bonds is 11. The van der Waals surface area contributed by atoms with Crippen LogP contribution >= 0.6 is 0 Å². The Kier molecular flexibility index (Phi) is 8.30. The molecule has 0 radical (unpaired) electrons. The van der Waals surface area contributed by atoms with E-state index in [4.69, 9.17) is 19.6 Å². The van der Waals surface area contributed by atoms with Crippen LogP contribution in [0, 0.1) is 0 Å². The van der Waals surface area contributed by atoms with Crippen LogP contribution < -0.4 is 4.74 Å². The third kappa shape index (κ3) is 6.23. The molecule has 3 heterocycles. The molecule has 0 aliphatic heterocycles. The minimum Gasteiger partial charge on any atom is -0.471 e. The van der Waals surface area contributed by atoms with Gasteiger partial charge in [0.05, 0.1) is 37.8 Å². The number of amides is 1. The monoisotopic (exact) mass is 555 g/mol. The van der Waals surface area contributed by atoms with Gasteiger partial charge in [-0.3, -0.25) is 4.79 Å². The molecule has 1 amide bonds. The normalized spacial score (nSPS) is 11.0. The second-order valence-corrected chi connectivity index (χ2v) is 9.19. The summed E-state index contributed by atoms with van der Waals surface area (Å²) in [5.74, 6) is -0.188. The summed E-state index contributed by atoms with van der Waals surface area (Å²) < 4.78 is 14.4. The third-order valence-corrected chi connectivity index (χ3v) is 6.27. The van der Waals surface area contributed by atoms with E-state index in [0.29, 0.717) is 23.3 Å². The highest BCUT2D eigenvalue weighted by Crippen LogP contribution is 2.24. The number of esters is 1. The molecule has 0 spiro atoms. The van der Waals surface area contributed by atoms with Crippen LogP contribution in [0.25, 0.3) is 17.1 Å². The van der Waals surface area contributed by atoms with Crippen LogP contribution in [0.15, 0.2) is 73.3 Å². The van der Waals surface area contributed by atoms with Gasteiger partial charge in [-0.1, -0.05) is 42.5 Å². The molecule has 0 saturated carbocycles. The standard InChI is InChI=1S/C29H29N7O5/c1-3-40-28(39)23-15-31-36(17-23)29-32-25-24(26(33-29)41-18-21-7-5-4-6-8-21)30-19-35(25)16-20-9-11-22(12-10-20)27(38)34(2)13-14-37/h4-12,15,17,19,37H,3,13-14,16,18H2,1-2H3. The number of ether oxygens (including phenoxy) is 2. The van der Waals surface area contributed by atoms with Crippen LogP contribution in [0.5, 0.6) is 5.88 Å². The molecule has 1 N–H and O–H groups in total. The summed E-state index contributed by atoms with van der Waals surface area (Å²) in [4.78, 5) is 40.0. The van der Waals surface area contributed by atoms with E-state index in [2.05, 4.69) is 15.1 Å². The molecule has 0 aliphatic carbocycles. The van der Waals surface area contributed by atoms with E-state index in [-0.39, 0.29) is 49.7 Å². The van der Waals surface area contributed by atoms with Gasteiger partial charge < -0.3 is 24.0 Å². The fraction of sp³-hybridized carbons (Fsp3) is 0.241. The van der Waals surface area contributed by atoms with Gasteiger partial charge in [-0.2, -0.15) is 15.1 Å². The lowest BCUT2D eigenvalue weighted by atomic mass is 10.1. The number of nitrogens with zero attached hydrogens (tertiary/aromatic N) is 7. The summed E-state index contributed by atoms with van der Waals surface area (Å²) in [6, 6.07) is 16.9. The molecule has 0 saturated heterocycles. The number of aliphatic hydroxyl groups excluding tert-OH is 1. The summed E-state index contributed by atoms with van der Waals surface area (Å²) >= 11 is 0. The molecule has 12 heteroatoms. The summed E-state index contributed by atoms with van der Waals surface area (Å²) in [7, 11) is 1.65. The largest absolute Gasteiger partial charge is 0.471 e. The second kappa shape index (κ2) is 12.4. The highest BCUT2D eigenvalue weighted by Gasteiger charge is 2.19. The Labute approximate surface area is 235 Å². The Hall–Kier alpha value is -5.10. The number of imidazole rings is 1. The smallest absolute Gasteiger partial charge is 0.341 e. The Morgan fingerprint density at radius 1 is 1.00 bits per heavy atom. The average molecular weight is 556 g/mol. The van der Waals surface area contributed by atoms with Crippen molar-refractivity contribution in [1.82, 2.24) is 34.2 Å². The van der Waals surface area contributed by atoms with Gasteiger partial charge in [0.1, 0.15) is 6.61 Å². The van der Waals surface area contributed by atoms with E-state index in [1.54, 1.807) is 32.4 Å². The molecule has 0 bridgehead atoms. The molecule has 41 heavy (non-hydrogen) atoms. The quantitative estimate of drug-likeness (QED) is 0.244. The lowest BCUT2D eigenvalue weighted by Gasteiger charge is -2.15. The summed E-state index contributed by atoms with van der Waals surface area (Å²) in [6.45, 7) is 2.83. The summed E-state index contributed by atoms with van der Waals surface area (Å²) in [6.07, 6.45) is 4.55. The van der Waals surface area contributed by atoms with Crippen molar-refractivity contribution in [1.29, 1.82) is 0 Å². The topological polar surface area (TPSA) is 137 Å². The van der Waals surface area contributed by atoms with Gasteiger partial charge in [0.25, 0.3) is 11.9 Å². The summed E-state index contributed by atoms with van der Waals surface area (Å²) in [5, 5.41) is 13.4. The van der Waals surface area contributed by atoms with E-state index >= 15 is 0 Å². The fourth-order valence-corrected chi connectivity index (χ4v) is 4.13. The van der Waals surface area contributed by atoms with Gasteiger partial charge in [-0.25, -0.2) is 14.5 Å². The summed E-state index contributed by atoms with van der Waals surface area (Å²) in [5.41, 5.74) is 3.66. The Balaban J connectivity index is 1.47. The third-order valence-electron chi connectivity index (χ3n) is 6.27. The van der Waals surface area contributed by atoms with Gasteiger partial charge in [-0.05, 0) is 30.2 Å². The SMILES string of the molecule is CCOC(=O)c1cnn(-c2nc(OCc3ccccc3)c3ncn(Cc4ccc(C(=O)N(C)CCO)cc4)c3n2)c1. The van der Waals surface area contributed by atoms with Crippen molar-refractivity contribution < 1.29 is 24.2 Å². The minimum atomic E-state index is -0.491. The predicted octanol–water partition coefficient (Wildman–Crippen LogP) is 2.88. The maximum absolute atomic E-state index is 12.5. The van der Waals surface area contributed by atoms with Gasteiger partial charge in [0.2, 0.25) is 5.88 Å². The zero-order valence-corrected chi connectivity index (χ0v) is 22.7. The molecule has 0 aliphatic rings. The van der Waals surface area contributed by atoms with Crippen LogP contribution in [-0.4, -0.2) is 78.0 Å². The lowest BCUT2D eigenvalue weighted by molar-refractivity contribution is 0.0526. The van der Waals surface area contributed by atoms with Gasteiger partial charge in [-0.15, -0.1) is 0 Å². The number of carbonyl (C=O) groups is 2. The second-order valence-electron chi connectivity index (χ2n) is 9.19. The molecule has 0 unspecified atom stereocenters. The Morgan fingerprint density at radius 2 is 1.78 bits per heavy atom. The number of hydrogen-bond donors (Lipinski definition) is 1. The van der Waals surface area contributed by atoms with Crippen LogP contribution in [0.4, 0.5) is 0 Å². The molecule has 2 aromatic carbocycles. The molecule has 0 atom stereocenters. The number of carbonyl (C=O) groups excluding carboxylic acids is 2. The molecule has 0 fully saturated rings. The Morgan fingerprint density at radius 3 is 2.51 bits per heavy atom. The van der Waals surface area contributed by atoms with Crippen molar-refractivity contribution in [2.45, 2.75) is 20.1 Å². The number of aliphatic hydroxyl groups is 1. The van der Waals surface area contributed by atoms with Crippen molar-refractivity contribution in [3.8, 4) is 11.8 Å². The molecular formula is C29H29N7O5. The van der Waals surface area contributed by atoms with E-state index in [9.17, 15) is 9.59 Å². The van der Waals surface area contributed by atoms with Gasteiger partial charge >= 0.3 is 5.97 Å². The number of likely N-dealkylation sites (N-methyl/N-ethyl adjacent to an activating group) is 1. The van der Waals surface area contributed by atoms with E-state index < -0.39 is 5.97 Å². The van der Waals surface area contributed by atoms with Crippen LogP contribution in [0.2, 0.25) is 0 Å². The maximum atomic E-state index is 12.5. The van der Waals surface area contributed by atoms with Crippen molar-refractivity contribution >= 4 is 23.0 Å². The minimum absolute atomic E-state index is 0.0996. The van der Waals surface area contributed by atoms with Crippen molar-refractivity contribution in [3.05, 3.63) is 95.6 Å². The fourth-order valence-electron chi connectivity index (χ4n) is 4.13. The first-order valence-electron chi connectivity index (χ1n) is 13.0. The molecule has 3 aromatic heterocycles. The zero-order chi connectivity index (χ0) is 28.8.